The fraction of sp³-hybridized carbons (Fsp3) is 0.667. The smallest absolute Gasteiger partial charge is 0.0881 e. The van der Waals surface area contributed by atoms with Gasteiger partial charge in [0.25, 0.3) is 0 Å². The van der Waals surface area contributed by atoms with E-state index in [9.17, 15) is 0 Å². The lowest BCUT2D eigenvalue weighted by molar-refractivity contribution is 0.274. The zero-order chi connectivity index (χ0) is 8.55. The Morgan fingerprint density at radius 2 is 2.58 bits per heavy atom. The molecule has 66 valence electrons. The molecule has 2 rings (SSSR count). The molecule has 1 unspecified atom stereocenters. The van der Waals surface area contributed by atoms with Crippen molar-refractivity contribution in [1.29, 1.82) is 0 Å². The first-order valence-corrected chi connectivity index (χ1v) is 4.46. The number of aromatic nitrogens is 2. The molecule has 0 amide bonds. The summed E-state index contributed by atoms with van der Waals surface area (Å²) >= 11 is 0. The van der Waals surface area contributed by atoms with Gasteiger partial charge in [0.1, 0.15) is 0 Å². The third kappa shape index (κ3) is 1.25. The Hall–Kier alpha value is -0.830. The van der Waals surface area contributed by atoms with E-state index < -0.39 is 0 Å². The van der Waals surface area contributed by atoms with E-state index in [4.69, 9.17) is 5.11 Å². The quantitative estimate of drug-likeness (QED) is 0.674. The largest absolute Gasteiger partial charge is 0.390 e. The molecule has 0 fully saturated rings. The molecule has 3 nitrogen and oxygen atoms in total. The minimum absolute atomic E-state index is 0.0639. The van der Waals surface area contributed by atoms with Gasteiger partial charge in [0.05, 0.1) is 12.3 Å². The van der Waals surface area contributed by atoms with Crippen molar-refractivity contribution >= 4 is 0 Å². The molecule has 0 saturated carbocycles. The predicted octanol–water partition coefficient (Wildman–Crippen LogP) is 0.958. The molecular weight excluding hydrogens is 152 g/mol. The standard InChI is InChI=1S/C9H14N2O/c1-7-2-3-11-9(4-7)5-8(6-12)10-11/h5,7,12H,2-4,6H2,1H3. The van der Waals surface area contributed by atoms with Gasteiger partial charge in [-0.1, -0.05) is 6.92 Å². The molecule has 1 aliphatic heterocycles. The lowest BCUT2D eigenvalue weighted by Gasteiger charge is -2.18. The van der Waals surface area contributed by atoms with Crippen molar-refractivity contribution in [1.82, 2.24) is 9.78 Å². The van der Waals surface area contributed by atoms with E-state index in [0.29, 0.717) is 0 Å². The average Bonchev–Trinajstić information content (AvgIpc) is 2.46. The van der Waals surface area contributed by atoms with Crippen LogP contribution in [0.5, 0.6) is 0 Å². The van der Waals surface area contributed by atoms with Crippen LogP contribution in [0.4, 0.5) is 0 Å². The lowest BCUT2D eigenvalue weighted by atomic mass is 9.98. The maximum absolute atomic E-state index is 8.88. The third-order valence-electron chi connectivity index (χ3n) is 2.47. The molecule has 1 aromatic heterocycles. The zero-order valence-electron chi connectivity index (χ0n) is 7.32. The normalized spacial score (nSPS) is 22.3. The number of aliphatic hydroxyl groups excluding tert-OH is 1. The van der Waals surface area contributed by atoms with Crippen LogP contribution in [-0.4, -0.2) is 14.9 Å². The van der Waals surface area contributed by atoms with Gasteiger partial charge >= 0.3 is 0 Å². The number of nitrogens with zero attached hydrogens (tertiary/aromatic N) is 2. The average molecular weight is 166 g/mol. The maximum atomic E-state index is 8.88. The molecule has 0 bridgehead atoms. The van der Waals surface area contributed by atoms with E-state index in [2.05, 4.69) is 12.0 Å². The van der Waals surface area contributed by atoms with Crippen LogP contribution in [0.3, 0.4) is 0 Å². The molecule has 3 heteroatoms. The van der Waals surface area contributed by atoms with Crippen LogP contribution >= 0.6 is 0 Å². The van der Waals surface area contributed by atoms with Gasteiger partial charge in [-0.2, -0.15) is 5.10 Å². The molecule has 0 spiro atoms. The molecule has 12 heavy (non-hydrogen) atoms. The summed E-state index contributed by atoms with van der Waals surface area (Å²) < 4.78 is 2.02. The molecule has 0 saturated heterocycles. The van der Waals surface area contributed by atoms with E-state index in [0.717, 1.165) is 24.6 Å². The number of rotatable bonds is 1. The highest BCUT2D eigenvalue weighted by Crippen LogP contribution is 2.19. The molecule has 0 aliphatic carbocycles. The SMILES string of the molecule is CC1CCn2nc(CO)cc2C1. The van der Waals surface area contributed by atoms with E-state index >= 15 is 0 Å². The maximum Gasteiger partial charge on any atom is 0.0881 e. The molecule has 1 atom stereocenters. The van der Waals surface area contributed by atoms with Crippen molar-refractivity contribution < 1.29 is 5.11 Å². The Morgan fingerprint density at radius 1 is 1.75 bits per heavy atom. The summed E-state index contributed by atoms with van der Waals surface area (Å²) in [7, 11) is 0. The van der Waals surface area contributed by atoms with Crippen LogP contribution in [0.15, 0.2) is 6.07 Å². The first-order valence-electron chi connectivity index (χ1n) is 4.46. The number of fused-ring (bicyclic) bond motifs is 1. The molecule has 0 aromatic carbocycles. The second-order valence-corrected chi connectivity index (χ2v) is 3.61. The molecule has 1 N–H and O–H groups in total. The molecule has 0 radical (unpaired) electrons. The number of hydrogen-bond donors (Lipinski definition) is 1. The van der Waals surface area contributed by atoms with Crippen LogP contribution in [0.2, 0.25) is 0 Å². The minimum atomic E-state index is 0.0639. The van der Waals surface area contributed by atoms with Crippen molar-refractivity contribution in [2.75, 3.05) is 0 Å². The fourth-order valence-electron chi connectivity index (χ4n) is 1.75. The number of hydrogen-bond acceptors (Lipinski definition) is 2. The molecule has 1 aromatic rings. The van der Waals surface area contributed by atoms with Crippen molar-refractivity contribution in [3.63, 3.8) is 0 Å². The monoisotopic (exact) mass is 166 g/mol. The summed E-state index contributed by atoms with van der Waals surface area (Å²) in [6, 6.07) is 2.01. The van der Waals surface area contributed by atoms with Crippen LogP contribution in [0.25, 0.3) is 0 Å². The van der Waals surface area contributed by atoms with E-state index in [1.807, 2.05) is 10.7 Å². The first kappa shape index (κ1) is 7.80. The van der Waals surface area contributed by atoms with Crippen LogP contribution in [-0.2, 0) is 19.6 Å². The third-order valence-corrected chi connectivity index (χ3v) is 2.47. The molecule has 1 aliphatic rings. The summed E-state index contributed by atoms with van der Waals surface area (Å²) in [5.41, 5.74) is 2.08. The van der Waals surface area contributed by atoms with Gasteiger partial charge < -0.3 is 5.11 Å². The Kier molecular flexibility index (Phi) is 1.89. The van der Waals surface area contributed by atoms with E-state index in [1.54, 1.807) is 0 Å². The van der Waals surface area contributed by atoms with Crippen molar-refractivity contribution in [3.8, 4) is 0 Å². The van der Waals surface area contributed by atoms with Gasteiger partial charge in [0.15, 0.2) is 0 Å². The van der Waals surface area contributed by atoms with Crippen LogP contribution in [0.1, 0.15) is 24.7 Å². The molecular formula is C9H14N2O. The van der Waals surface area contributed by atoms with Gasteiger partial charge in [-0.05, 0) is 24.8 Å². The number of aryl methyl sites for hydroxylation is 1. The minimum Gasteiger partial charge on any atom is -0.390 e. The summed E-state index contributed by atoms with van der Waals surface area (Å²) in [6.45, 7) is 3.33. The van der Waals surface area contributed by atoms with Gasteiger partial charge in [0, 0.05) is 12.2 Å². The van der Waals surface area contributed by atoms with Crippen molar-refractivity contribution in [2.45, 2.75) is 32.9 Å². The summed E-state index contributed by atoms with van der Waals surface area (Å²) in [6.07, 6.45) is 2.31. The van der Waals surface area contributed by atoms with Crippen LogP contribution < -0.4 is 0 Å². The highest BCUT2D eigenvalue weighted by Gasteiger charge is 2.16. The second-order valence-electron chi connectivity index (χ2n) is 3.61. The summed E-state index contributed by atoms with van der Waals surface area (Å²) in [5.74, 6) is 0.765. The highest BCUT2D eigenvalue weighted by molar-refractivity contribution is 5.11. The first-order chi connectivity index (χ1) is 5.79. The van der Waals surface area contributed by atoms with E-state index in [1.165, 1.54) is 12.1 Å². The Bertz CT molecular complexity index is 280. The van der Waals surface area contributed by atoms with Gasteiger partial charge in [-0.3, -0.25) is 4.68 Å². The Morgan fingerprint density at radius 3 is 3.33 bits per heavy atom. The van der Waals surface area contributed by atoms with Gasteiger partial charge in [-0.25, -0.2) is 0 Å². The lowest BCUT2D eigenvalue weighted by Crippen LogP contribution is -2.17. The molecule has 2 heterocycles. The Labute approximate surface area is 72.0 Å². The van der Waals surface area contributed by atoms with Crippen LogP contribution in [0, 0.1) is 5.92 Å². The zero-order valence-corrected chi connectivity index (χ0v) is 7.32. The highest BCUT2D eigenvalue weighted by atomic mass is 16.3. The van der Waals surface area contributed by atoms with Gasteiger partial charge in [0.2, 0.25) is 0 Å². The summed E-state index contributed by atoms with van der Waals surface area (Å²) in [4.78, 5) is 0. The Balaban J connectivity index is 2.28. The predicted molar refractivity (Wildman–Crippen MR) is 45.6 cm³/mol. The van der Waals surface area contributed by atoms with Crippen molar-refractivity contribution in [3.05, 3.63) is 17.5 Å². The number of aliphatic hydroxyl groups is 1. The van der Waals surface area contributed by atoms with Crippen molar-refractivity contribution in [2.24, 2.45) is 5.92 Å². The topological polar surface area (TPSA) is 38.0 Å². The van der Waals surface area contributed by atoms with E-state index in [-0.39, 0.29) is 6.61 Å². The second kappa shape index (κ2) is 2.90. The summed E-state index contributed by atoms with van der Waals surface area (Å²) in [5, 5.41) is 13.1. The van der Waals surface area contributed by atoms with Gasteiger partial charge in [-0.15, -0.1) is 0 Å². The fourth-order valence-corrected chi connectivity index (χ4v) is 1.75.